The highest BCUT2D eigenvalue weighted by molar-refractivity contribution is 7.47. The molecule has 1 aliphatic heterocycles. The smallest absolute Gasteiger partial charge is 0.383 e. The van der Waals surface area contributed by atoms with E-state index >= 15 is 0 Å². The molecule has 0 aromatic heterocycles. The van der Waals surface area contributed by atoms with E-state index in [9.17, 15) is 9.46 Å². The van der Waals surface area contributed by atoms with E-state index in [0.29, 0.717) is 24.7 Å². The molecule has 1 aliphatic rings. The van der Waals surface area contributed by atoms with E-state index in [1.807, 2.05) is 27.8 Å². The number of rotatable bonds is 7. The van der Waals surface area contributed by atoms with Crippen LogP contribution in [0.2, 0.25) is 0 Å². The Morgan fingerprint density at radius 1 is 1.60 bits per heavy atom. The van der Waals surface area contributed by atoms with Crippen LogP contribution in [0.1, 0.15) is 33.6 Å². The minimum absolute atomic E-state index is 0.0187. The number of phosphoric acid groups is 1. The SMILES string of the molecule is BC1OC(CC(C)(CC)OP(=O)(O)OC)C(C)C1C=C. The Balaban J connectivity index is 2.78. The standard InChI is InChI=1S/C13H26BO5P/c1-6-10-9(3)11(18-12(10)14)8-13(4,7-2)19-20(15,16)17-5/h6,9-12H,1,7-8,14H2,2-5H3,(H,15,16). The van der Waals surface area contributed by atoms with Crippen molar-refractivity contribution >= 4 is 15.7 Å². The molecule has 7 heteroatoms. The molecule has 1 rings (SSSR count). The Bertz CT molecular complexity index is 391. The van der Waals surface area contributed by atoms with E-state index in [4.69, 9.17) is 9.26 Å². The molecular formula is C13H26BO5P. The Labute approximate surface area is 122 Å². The van der Waals surface area contributed by atoms with E-state index in [0.717, 1.165) is 0 Å². The highest BCUT2D eigenvalue weighted by atomic mass is 31.2. The maximum atomic E-state index is 11.7. The largest absolute Gasteiger partial charge is 0.472 e. The van der Waals surface area contributed by atoms with Crippen molar-refractivity contribution in [1.29, 1.82) is 0 Å². The fraction of sp³-hybridized carbons (Fsp3) is 0.846. The zero-order valence-corrected chi connectivity index (χ0v) is 13.9. The van der Waals surface area contributed by atoms with Gasteiger partial charge in [0.25, 0.3) is 0 Å². The molecule has 6 atom stereocenters. The van der Waals surface area contributed by atoms with Crippen molar-refractivity contribution in [2.45, 2.75) is 51.3 Å². The van der Waals surface area contributed by atoms with Gasteiger partial charge in [0.15, 0.2) is 0 Å². The van der Waals surface area contributed by atoms with Gasteiger partial charge >= 0.3 is 7.82 Å². The molecule has 0 amide bonds. The van der Waals surface area contributed by atoms with E-state index in [-0.39, 0.29) is 12.1 Å². The quantitative estimate of drug-likeness (QED) is 0.443. The molecule has 1 heterocycles. The molecule has 1 saturated heterocycles. The average molecular weight is 304 g/mol. The third-order valence-corrected chi connectivity index (χ3v) is 5.48. The summed E-state index contributed by atoms with van der Waals surface area (Å²) >= 11 is 0. The zero-order valence-electron chi connectivity index (χ0n) is 13.0. The van der Waals surface area contributed by atoms with E-state index in [1.54, 1.807) is 0 Å². The Morgan fingerprint density at radius 3 is 2.60 bits per heavy atom. The fourth-order valence-corrected chi connectivity index (χ4v) is 3.63. The molecule has 0 saturated carbocycles. The summed E-state index contributed by atoms with van der Waals surface area (Å²) in [5, 5.41) is 0. The molecule has 0 aliphatic carbocycles. The van der Waals surface area contributed by atoms with Gasteiger partial charge in [0.05, 0.1) is 11.7 Å². The molecule has 0 aromatic carbocycles. The van der Waals surface area contributed by atoms with Gasteiger partial charge in [-0.3, -0.25) is 9.05 Å². The van der Waals surface area contributed by atoms with Crippen molar-refractivity contribution in [2.24, 2.45) is 11.8 Å². The van der Waals surface area contributed by atoms with Crippen LogP contribution in [0, 0.1) is 11.8 Å². The van der Waals surface area contributed by atoms with Gasteiger partial charge in [0, 0.05) is 19.5 Å². The van der Waals surface area contributed by atoms with Crippen molar-refractivity contribution in [3.63, 3.8) is 0 Å². The van der Waals surface area contributed by atoms with Crippen LogP contribution in [0.25, 0.3) is 0 Å². The Kier molecular flexibility index (Phi) is 6.06. The summed E-state index contributed by atoms with van der Waals surface area (Å²) in [5.41, 5.74) is -0.755. The first-order valence-corrected chi connectivity index (χ1v) is 8.55. The van der Waals surface area contributed by atoms with E-state index < -0.39 is 13.4 Å². The molecule has 1 N–H and O–H groups in total. The van der Waals surface area contributed by atoms with Crippen LogP contribution in [0.15, 0.2) is 12.7 Å². The third-order valence-electron chi connectivity index (χ3n) is 4.34. The maximum Gasteiger partial charge on any atom is 0.472 e. The molecule has 6 unspecified atom stereocenters. The van der Waals surface area contributed by atoms with Crippen LogP contribution in [0.4, 0.5) is 0 Å². The maximum absolute atomic E-state index is 11.7. The van der Waals surface area contributed by atoms with Gasteiger partial charge in [0.1, 0.15) is 7.85 Å². The summed E-state index contributed by atoms with van der Waals surface area (Å²) < 4.78 is 27.5. The molecular weight excluding hydrogens is 278 g/mol. The first-order valence-electron chi connectivity index (χ1n) is 7.05. The van der Waals surface area contributed by atoms with Gasteiger partial charge in [-0.2, -0.15) is 0 Å². The Morgan fingerprint density at radius 2 is 2.20 bits per heavy atom. The predicted molar refractivity (Wildman–Crippen MR) is 81.3 cm³/mol. The second-order valence-corrected chi connectivity index (χ2v) is 7.29. The summed E-state index contributed by atoms with van der Waals surface area (Å²) in [7, 11) is -0.806. The monoisotopic (exact) mass is 304 g/mol. The van der Waals surface area contributed by atoms with Crippen LogP contribution in [0.3, 0.4) is 0 Å². The Hall–Kier alpha value is -0.125. The van der Waals surface area contributed by atoms with Crippen LogP contribution >= 0.6 is 7.82 Å². The summed E-state index contributed by atoms with van der Waals surface area (Å²) in [6.07, 6.45) is 3.05. The summed E-state index contributed by atoms with van der Waals surface area (Å²) in [6, 6.07) is 0.108. The van der Waals surface area contributed by atoms with Crippen molar-refractivity contribution in [3.05, 3.63) is 12.7 Å². The van der Waals surface area contributed by atoms with Crippen LogP contribution in [-0.2, 0) is 18.3 Å². The number of hydrogen-bond donors (Lipinski definition) is 1. The number of phosphoric ester groups is 1. The van der Waals surface area contributed by atoms with Crippen LogP contribution in [0.5, 0.6) is 0 Å². The molecule has 0 spiro atoms. The topological polar surface area (TPSA) is 65.0 Å². The van der Waals surface area contributed by atoms with Gasteiger partial charge in [-0.15, -0.1) is 6.58 Å². The van der Waals surface area contributed by atoms with Gasteiger partial charge < -0.3 is 9.63 Å². The zero-order chi connectivity index (χ0) is 15.6. The van der Waals surface area contributed by atoms with Gasteiger partial charge in [-0.1, -0.05) is 19.9 Å². The first-order chi connectivity index (χ1) is 9.18. The van der Waals surface area contributed by atoms with Crippen molar-refractivity contribution in [2.75, 3.05) is 7.11 Å². The van der Waals surface area contributed by atoms with Crippen LogP contribution < -0.4 is 0 Å². The second kappa shape index (κ2) is 6.76. The first kappa shape index (κ1) is 17.9. The molecule has 0 aromatic rings. The lowest BCUT2D eigenvalue weighted by molar-refractivity contribution is -0.0249. The molecule has 1 fully saturated rings. The van der Waals surface area contributed by atoms with E-state index in [2.05, 4.69) is 18.0 Å². The summed E-state index contributed by atoms with van der Waals surface area (Å²) in [4.78, 5) is 9.53. The number of hydrogen-bond acceptors (Lipinski definition) is 4. The van der Waals surface area contributed by atoms with Crippen molar-refractivity contribution < 1.29 is 23.2 Å². The summed E-state index contributed by atoms with van der Waals surface area (Å²) in [5.74, 6) is 0.599. The minimum atomic E-state index is -4.00. The predicted octanol–water partition coefficient (Wildman–Crippen LogP) is 2.10. The average Bonchev–Trinajstić information content (AvgIpc) is 2.63. The van der Waals surface area contributed by atoms with Crippen molar-refractivity contribution in [3.8, 4) is 0 Å². The third kappa shape index (κ3) is 4.19. The van der Waals surface area contributed by atoms with Gasteiger partial charge in [-0.25, -0.2) is 4.57 Å². The lowest BCUT2D eigenvalue weighted by atomic mass is 9.79. The number of ether oxygens (including phenoxy) is 1. The summed E-state index contributed by atoms with van der Waals surface area (Å²) in [6.45, 7) is 9.70. The molecule has 5 nitrogen and oxygen atoms in total. The molecule has 0 radical (unpaired) electrons. The molecule has 0 bridgehead atoms. The van der Waals surface area contributed by atoms with Gasteiger partial charge in [0.2, 0.25) is 0 Å². The van der Waals surface area contributed by atoms with Crippen molar-refractivity contribution in [1.82, 2.24) is 0 Å². The normalized spacial score (nSPS) is 36.2. The fourth-order valence-electron chi connectivity index (χ4n) is 2.79. The second-order valence-electron chi connectivity index (χ2n) is 5.80. The molecule has 20 heavy (non-hydrogen) atoms. The molecule has 116 valence electrons. The lowest BCUT2D eigenvalue weighted by Gasteiger charge is -2.33. The highest BCUT2D eigenvalue weighted by Crippen LogP contribution is 2.49. The van der Waals surface area contributed by atoms with E-state index in [1.165, 1.54) is 7.11 Å². The van der Waals surface area contributed by atoms with Gasteiger partial charge in [-0.05, 0) is 25.2 Å². The highest BCUT2D eigenvalue weighted by Gasteiger charge is 2.43. The van der Waals surface area contributed by atoms with Crippen LogP contribution in [-0.4, -0.2) is 37.6 Å². The lowest BCUT2D eigenvalue weighted by Crippen LogP contribution is -2.34. The minimum Gasteiger partial charge on any atom is -0.383 e.